The molecule has 2 rings (SSSR count). The van der Waals surface area contributed by atoms with Gasteiger partial charge in [-0.25, -0.2) is 4.68 Å². The van der Waals surface area contributed by atoms with Gasteiger partial charge in [-0.3, -0.25) is 0 Å². The second-order valence-electron chi connectivity index (χ2n) is 4.81. The Labute approximate surface area is 109 Å². The van der Waals surface area contributed by atoms with E-state index in [1.165, 1.54) is 5.56 Å². The third kappa shape index (κ3) is 3.20. The molecule has 3 nitrogen and oxygen atoms in total. The SMILES string of the molecule is CCc1cccc(-n2ccc(CNC(C)C)n2)c1. The topological polar surface area (TPSA) is 29.9 Å². The zero-order chi connectivity index (χ0) is 13.0. The molecule has 0 radical (unpaired) electrons. The van der Waals surface area contributed by atoms with Gasteiger partial charge in [0, 0.05) is 18.8 Å². The maximum Gasteiger partial charge on any atom is 0.0766 e. The van der Waals surface area contributed by atoms with Gasteiger partial charge in [0.15, 0.2) is 0 Å². The summed E-state index contributed by atoms with van der Waals surface area (Å²) in [5.74, 6) is 0. The molecule has 0 spiro atoms. The molecule has 3 heteroatoms. The summed E-state index contributed by atoms with van der Waals surface area (Å²) in [6.07, 6.45) is 3.07. The van der Waals surface area contributed by atoms with Crippen molar-refractivity contribution >= 4 is 0 Å². The van der Waals surface area contributed by atoms with Gasteiger partial charge in [0.05, 0.1) is 11.4 Å². The summed E-state index contributed by atoms with van der Waals surface area (Å²) in [6.45, 7) is 7.27. The van der Waals surface area contributed by atoms with Crippen molar-refractivity contribution in [2.75, 3.05) is 0 Å². The van der Waals surface area contributed by atoms with E-state index in [9.17, 15) is 0 Å². The Morgan fingerprint density at radius 2 is 2.11 bits per heavy atom. The first-order chi connectivity index (χ1) is 8.69. The van der Waals surface area contributed by atoms with Gasteiger partial charge in [-0.05, 0) is 30.2 Å². The standard InChI is InChI=1S/C15H21N3/c1-4-13-6-5-7-15(10-13)18-9-8-14(17-18)11-16-12(2)3/h5-10,12,16H,4,11H2,1-3H3. The van der Waals surface area contributed by atoms with Gasteiger partial charge in [-0.15, -0.1) is 0 Å². The molecule has 0 aliphatic rings. The number of nitrogens with one attached hydrogen (secondary N) is 1. The maximum atomic E-state index is 4.58. The molecule has 0 amide bonds. The fourth-order valence-electron chi connectivity index (χ4n) is 1.83. The molecular formula is C15H21N3. The molecule has 96 valence electrons. The van der Waals surface area contributed by atoms with E-state index >= 15 is 0 Å². The largest absolute Gasteiger partial charge is 0.309 e. The number of nitrogens with zero attached hydrogens (tertiary/aromatic N) is 2. The van der Waals surface area contributed by atoms with Crippen LogP contribution in [-0.2, 0) is 13.0 Å². The molecule has 0 aliphatic heterocycles. The van der Waals surface area contributed by atoms with Crippen LogP contribution in [0.3, 0.4) is 0 Å². The van der Waals surface area contributed by atoms with Crippen molar-refractivity contribution in [1.29, 1.82) is 0 Å². The Hall–Kier alpha value is -1.61. The minimum absolute atomic E-state index is 0.485. The molecule has 0 bridgehead atoms. The van der Waals surface area contributed by atoms with Gasteiger partial charge in [0.25, 0.3) is 0 Å². The minimum atomic E-state index is 0.485. The quantitative estimate of drug-likeness (QED) is 0.875. The van der Waals surface area contributed by atoms with Crippen LogP contribution in [0.15, 0.2) is 36.5 Å². The van der Waals surface area contributed by atoms with Gasteiger partial charge < -0.3 is 5.32 Å². The normalized spacial score (nSPS) is 11.1. The molecule has 1 N–H and O–H groups in total. The number of benzene rings is 1. The molecule has 0 saturated heterocycles. The van der Waals surface area contributed by atoms with E-state index in [0.717, 1.165) is 24.3 Å². The zero-order valence-corrected chi connectivity index (χ0v) is 11.4. The highest BCUT2D eigenvalue weighted by Crippen LogP contribution is 2.11. The third-order valence-corrected chi connectivity index (χ3v) is 2.92. The Kier molecular flexibility index (Phi) is 4.15. The number of rotatable bonds is 5. The number of hydrogen-bond acceptors (Lipinski definition) is 2. The number of aromatic nitrogens is 2. The van der Waals surface area contributed by atoms with Crippen LogP contribution in [-0.4, -0.2) is 15.8 Å². The fourth-order valence-corrected chi connectivity index (χ4v) is 1.83. The summed E-state index contributed by atoms with van der Waals surface area (Å²) in [6, 6.07) is 11.1. The third-order valence-electron chi connectivity index (χ3n) is 2.92. The molecule has 0 fully saturated rings. The van der Waals surface area contributed by atoms with Crippen LogP contribution in [0.1, 0.15) is 32.0 Å². The highest BCUT2D eigenvalue weighted by atomic mass is 15.3. The molecule has 0 atom stereocenters. The van der Waals surface area contributed by atoms with Crippen molar-refractivity contribution in [1.82, 2.24) is 15.1 Å². The van der Waals surface area contributed by atoms with Crippen molar-refractivity contribution in [3.8, 4) is 5.69 Å². The van der Waals surface area contributed by atoms with Crippen LogP contribution in [0.25, 0.3) is 5.69 Å². The van der Waals surface area contributed by atoms with E-state index in [2.05, 4.69) is 61.5 Å². The average molecular weight is 243 g/mol. The smallest absolute Gasteiger partial charge is 0.0766 e. The molecule has 0 saturated carbocycles. The van der Waals surface area contributed by atoms with Crippen LogP contribution < -0.4 is 5.32 Å². The molecule has 2 aromatic rings. The predicted octanol–water partition coefficient (Wildman–Crippen LogP) is 2.93. The molecule has 1 heterocycles. The summed E-state index contributed by atoms with van der Waals surface area (Å²) in [4.78, 5) is 0. The monoisotopic (exact) mass is 243 g/mol. The Morgan fingerprint density at radius 1 is 1.28 bits per heavy atom. The van der Waals surface area contributed by atoms with Crippen molar-refractivity contribution in [2.45, 2.75) is 39.8 Å². The van der Waals surface area contributed by atoms with Gasteiger partial charge in [-0.1, -0.05) is 32.9 Å². The second kappa shape index (κ2) is 5.83. The first kappa shape index (κ1) is 12.8. The molecule has 0 aliphatic carbocycles. The molecule has 1 aromatic heterocycles. The van der Waals surface area contributed by atoms with E-state index in [-0.39, 0.29) is 0 Å². The van der Waals surface area contributed by atoms with Crippen LogP contribution >= 0.6 is 0 Å². The summed E-state index contributed by atoms with van der Waals surface area (Å²) in [5, 5.41) is 7.96. The highest BCUT2D eigenvalue weighted by molar-refractivity contribution is 5.35. The molecule has 0 unspecified atom stereocenters. The molecular weight excluding hydrogens is 222 g/mol. The van der Waals surface area contributed by atoms with Gasteiger partial charge in [-0.2, -0.15) is 5.10 Å². The van der Waals surface area contributed by atoms with Crippen LogP contribution in [0.4, 0.5) is 0 Å². The second-order valence-corrected chi connectivity index (χ2v) is 4.81. The maximum absolute atomic E-state index is 4.58. The zero-order valence-electron chi connectivity index (χ0n) is 11.4. The lowest BCUT2D eigenvalue weighted by Crippen LogP contribution is -2.22. The van der Waals surface area contributed by atoms with Gasteiger partial charge >= 0.3 is 0 Å². The summed E-state index contributed by atoms with van der Waals surface area (Å²) in [5.41, 5.74) is 3.54. The summed E-state index contributed by atoms with van der Waals surface area (Å²) >= 11 is 0. The lowest BCUT2D eigenvalue weighted by molar-refractivity contribution is 0.578. The molecule has 1 aromatic carbocycles. The Balaban J connectivity index is 2.13. The number of hydrogen-bond donors (Lipinski definition) is 1. The molecule has 18 heavy (non-hydrogen) atoms. The number of aryl methyl sites for hydroxylation is 1. The van der Waals surface area contributed by atoms with Crippen molar-refractivity contribution in [3.05, 3.63) is 47.8 Å². The first-order valence-corrected chi connectivity index (χ1v) is 6.56. The van der Waals surface area contributed by atoms with Crippen LogP contribution in [0.5, 0.6) is 0 Å². The van der Waals surface area contributed by atoms with E-state index < -0.39 is 0 Å². The predicted molar refractivity (Wildman–Crippen MR) is 74.9 cm³/mol. The highest BCUT2D eigenvalue weighted by Gasteiger charge is 2.02. The Bertz CT molecular complexity index is 500. The lowest BCUT2D eigenvalue weighted by Gasteiger charge is -2.06. The first-order valence-electron chi connectivity index (χ1n) is 6.56. The van der Waals surface area contributed by atoms with E-state index in [1.54, 1.807) is 0 Å². The van der Waals surface area contributed by atoms with E-state index in [4.69, 9.17) is 0 Å². The van der Waals surface area contributed by atoms with Crippen molar-refractivity contribution < 1.29 is 0 Å². The Morgan fingerprint density at radius 3 is 2.83 bits per heavy atom. The van der Waals surface area contributed by atoms with Crippen LogP contribution in [0.2, 0.25) is 0 Å². The van der Waals surface area contributed by atoms with Crippen molar-refractivity contribution in [2.24, 2.45) is 0 Å². The van der Waals surface area contributed by atoms with Crippen LogP contribution in [0, 0.1) is 0 Å². The van der Waals surface area contributed by atoms with E-state index in [0.29, 0.717) is 6.04 Å². The van der Waals surface area contributed by atoms with Gasteiger partial charge in [0.2, 0.25) is 0 Å². The van der Waals surface area contributed by atoms with Crippen molar-refractivity contribution in [3.63, 3.8) is 0 Å². The average Bonchev–Trinajstić information content (AvgIpc) is 2.85. The summed E-state index contributed by atoms with van der Waals surface area (Å²) in [7, 11) is 0. The fraction of sp³-hybridized carbons (Fsp3) is 0.400. The summed E-state index contributed by atoms with van der Waals surface area (Å²) < 4.78 is 1.94. The lowest BCUT2D eigenvalue weighted by atomic mass is 10.1. The van der Waals surface area contributed by atoms with E-state index in [1.807, 2.05) is 10.9 Å². The minimum Gasteiger partial charge on any atom is -0.309 e. The van der Waals surface area contributed by atoms with Gasteiger partial charge in [0.1, 0.15) is 0 Å².